The molecule has 2 aromatic heterocycles. The van der Waals surface area contributed by atoms with E-state index in [0.29, 0.717) is 6.54 Å². The minimum Gasteiger partial charge on any atom is -0.360 e. The summed E-state index contributed by atoms with van der Waals surface area (Å²) in [6.07, 6.45) is 4.98. The van der Waals surface area contributed by atoms with Crippen LogP contribution in [0.3, 0.4) is 0 Å². The molecule has 5 rings (SSSR count). The van der Waals surface area contributed by atoms with Crippen molar-refractivity contribution in [3.8, 4) is 11.4 Å². The molecule has 3 heterocycles. The number of hydrogen-bond donors (Lipinski definition) is 3. The smallest absolute Gasteiger partial charge is 0.315 e. The highest BCUT2D eigenvalue weighted by atomic mass is 16.2. The zero-order valence-corrected chi connectivity index (χ0v) is 14.9. The van der Waals surface area contributed by atoms with Crippen LogP contribution in [0.2, 0.25) is 0 Å². The van der Waals surface area contributed by atoms with Gasteiger partial charge in [0.05, 0.1) is 17.1 Å². The number of aromatic amines is 2. The number of nitrogens with one attached hydrogen (secondary N) is 2. The third-order valence-corrected chi connectivity index (χ3v) is 5.53. The van der Waals surface area contributed by atoms with E-state index in [2.05, 4.69) is 28.2 Å². The molecule has 0 bridgehead atoms. The maximum atomic E-state index is 11.9. The number of hydrogen-bond acceptors (Lipinski definition) is 2. The first kappa shape index (κ1) is 15.9. The van der Waals surface area contributed by atoms with Crippen LogP contribution in [0.15, 0.2) is 48.7 Å². The van der Waals surface area contributed by atoms with Crippen molar-refractivity contribution in [3.05, 3.63) is 54.2 Å². The van der Waals surface area contributed by atoms with Gasteiger partial charge in [0.1, 0.15) is 5.82 Å². The summed E-state index contributed by atoms with van der Waals surface area (Å²) in [5, 5.41) is 1.13. The Hall–Kier alpha value is -3.28. The number of imidazole rings is 1. The summed E-state index contributed by atoms with van der Waals surface area (Å²) in [4.78, 5) is 25.4. The summed E-state index contributed by atoms with van der Waals surface area (Å²) in [6.45, 7) is 0.704. The highest BCUT2D eigenvalue weighted by Gasteiger charge is 2.28. The van der Waals surface area contributed by atoms with E-state index in [9.17, 15) is 4.79 Å². The Morgan fingerprint density at radius 2 is 1.96 bits per heavy atom. The van der Waals surface area contributed by atoms with Gasteiger partial charge in [-0.05, 0) is 31.4 Å². The number of primary amides is 1. The number of piperidine rings is 1. The Kier molecular flexibility index (Phi) is 3.63. The van der Waals surface area contributed by atoms with Gasteiger partial charge in [-0.1, -0.05) is 30.3 Å². The van der Waals surface area contributed by atoms with Crippen molar-refractivity contribution in [3.63, 3.8) is 0 Å². The van der Waals surface area contributed by atoms with Gasteiger partial charge in [0.25, 0.3) is 0 Å². The third-order valence-electron chi connectivity index (χ3n) is 5.53. The van der Waals surface area contributed by atoms with Crippen LogP contribution in [-0.2, 0) is 0 Å². The Morgan fingerprint density at radius 3 is 2.85 bits per heavy atom. The van der Waals surface area contributed by atoms with E-state index in [1.54, 1.807) is 4.90 Å². The zero-order valence-electron chi connectivity index (χ0n) is 14.9. The van der Waals surface area contributed by atoms with Gasteiger partial charge in [-0.2, -0.15) is 0 Å². The molecule has 4 aromatic rings. The van der Waals surface area contributed by atoms with E-state index in [-0.39, 0.29) is 12.1 Å². The summed E-state index contributed by atoms with van der Waals surface area (Å²) < 4.78 is 0. The lowest BCUT2D eigenvalue weighted by Crippen LogP contribution is -2.41. The first-order chi connectivity index (χ1) is 13.2. The molecule has 4 N–H and O–H groups in total. The van der Waals surface area contributed by atoms with Crippen molar-refractivity contribution in [2.45, 2.75) is 25.3 Å². The number of fused-ring (bicyclic) bond motifs is 2. The molecule has 1 aliphatic rings. The number of urea groups is 1. The van der Waals surface area contributed by atoms with Gasteiger partial charge >= 0.3 is 6.03 Å². The number of para-hydroxylation sites is 2. The normalized spacial score (nSPS) is 17.6. The van der Waals surface area contributed by atoms with Crippen LogP contribution >= 0.6 is 0 Å². The van der Waals surface area contributed by atoms with Crippen LogP contribution in [0.5, 0.6) is 0 Å². The molecule has 27 heavy (non-hydrogen) atoms. The Balaban J connectivity index is 1.64. The largest absolute Gasteiger partial charge is 0.360 e. The fourth-order valence-corrected chi connectivity index (χ4v) is 4.24. The molecule has 2 amide bonds. The van der Waals surface area contributed by atoms with E-state index in [0.717, 1.165) is 58.2 Å². The van der Waals surface area contributed by atoms with E-state index in [1.807, 2.05) is 30.5 Å². The van der Waals surface area contributed by atoms with Crippen molar-refractivity contribution >= 4 is 28.0 Å². The Morgan fingerprint density at radius 1 is 1.11 bits per heavy atom. The molecule has 2 aromatic carbocycles. The molecule has 0 radical (unpaired) electrons. The molecule has 136 valence electrons. The maximum Gasteiger partial charge on any atom is 0.315 e. The number of H-pyrrole nitrogens is 2. The van der Waals surface area contributed by atoms with Gasteiger partial charge in [0.15, 0.2) is 0 Å². The fourth-order valence-electron chi connectivity index (χ4n) is 4.24. The third kappa shape index (κ3) is 2.56. The van der Waals surface area contributed by atoms with Crippen LogP contribution in [0.1, 0.15) is 30.9 Å². The quantitative estimate of drug-likeness (QED) is 0.497. The van der Waals surface area contributed by atoms with Gasteiger partial charge in [-0.3, -0.25) is 0 Å². The summed E-state index contributed by atoms with van der Waals surface area (Å²) in [5.41, 5.74) is 10.7. The number of likely N-dealkylation sites (tertiary alicyclic amines) is 1. The number of amides is 2. The standard InChI is InChI=1S/C21H21N5O/c22-21(27)26-11-4-3-10-18(26)14-7-5-9-17-19(14)25-20(24-17)15-12-23-16-8-2-1-6-13(15)16/h1-2,5-9,12,18,23H,3-4,10-11H2,(H2,22,27)(H,24,25). The molecule has 0 saturated carbocycles. The average Bonchev–Trinajstić information content (AvgIpc) is 3.31. The summed E-state index contributed by atoms with van der Waals surface area (Å²) in [6, 6.07) is 13.9. The van der Waals surface area contributed by atoms with Gasteiger partial charge in [0, 0.05) is 34.8 Å². The molecule has 0 spiro atoms. The molecular formula is C21H21N5O. The molecule has 0 aliphatic carbocycles. The molecule has 6 nitrogen and oxygen atoms in total. The zero-order chi connectivity index (χ0) is 18.4. The lowest BCUT2D eigenvalue weighted by atomic mass is 9.94. The van der Waals surface area contributed by atoms with E-state index < -0.39 is 0 Å². The Labute approximate surface area is 156 Å². The number of carbonyl (C=O) groups excluding carboxylic acids is 1. The summed E-state index contributed by atoms with van der Waals surface area (Å²) in [5.74, 6) is 0.830. The molecule has 1 unspecified atom stereocenters. The maximum absolute atomic E-state index is 11.9. The van der Waals surface area contributed by atoms with Crippen LogP contribution in [0.25, 0.3) is 33.3 Å². The van der Waals surface area contributed by atoms with Crippen molar-refractivity contribution in [1.29, 1.82) is 0 Å². The highest BCUT2D eigenvalue weighted by Crippen LogP contribution is 2.36. The molecule has 1 aliphatic heterocycles. The number of rotatable bonds is 2. The van der Waals surface area contributed by atoms with Crippen LogP contribution < -0.4 is 5.73 Å². The second-order valence-corrected chi connectivity index (χ2v) is 7.12. The highest BCUT2D eigenvalue weighted by molar-refractivity contribution is 5.95. The number of nitrogens with two attached hydrogens (primary N) is 1. The van der Waals surface area contributed by atoms with Gasteiger partial charge in [0.2, 0.25) is 0 Å². The monoisotopic (exact) mass is 359 g/mol. The lowest BCUT2D eigenvalue weighted by molar-refractivity contribution is 0.160. The number of carbonyl (C=O) groups is 1. The van der Waals surface area contributed by atoms with Crippen molar-refractivity contribution in [2.75, 3.05) is 6.54 Å². The minimum atomic E-state index is -0.357. The fraction of sp³-hybridized carbons (Fsp3) is 0.238. The van der Waals surface area contributed by atoms with Gasteiger partial charge in [-0.15, -0.1) is 0 Å². The van der Waals surface area contributed by atoms with Gasteiger partial charge in [-0.25, -0.2) is 9.78 Å². The van der Waals surface area contributed by atoms with Crippen LogP contribution in [-0.4, -0.2) is 32.4 Å². The molecular weight excluding hydrogens is 338 g/mol. The number of nitrogens with zero attached hydrogens (tertiary/aromatic N) is 2. The summed E-state index contributed by atoms with van der Waals surface area (Å²) >= 11 is 0. The molecule has 1 atom stereocenters. The van der Waals surface area contributed by atoms with Gasteiger partial charge < -0.3 is 20.6 Å². The van der Waals surface area contributed by atoms with E-state index in [1.165, 1.54) is 0 Å². The summed E-state index contributed by atoms with van der Waals surface area (Å²) in [7, 11) is 0. The van der Waals surface area contributed by atoms with Crippen molar-refractivity contribution < 1.29 is 4.79 Å². The SMILES string of the molecule is NC(=O)N1CCCCC1c1cccc2[nH]c(-c3c[nH]c4ccccc34)nc12. The predicted octanol–water partition coefficient (Wildman–Crippen LogP) is 4.32. The first-order valence-electron chi connectivity index (χ1n) is 9.33. The second-order valence-electron chi connectivity index (χ2n) is 7.12. The van der Waals surface area contributed by atoms with Crippen LogP contribution in [0, 0.1) is 0 Å². The van der Waals surface area contributed by atoms with E-state index in [4.69, 9.17) is 10.7 Å². The average molecular weight is 359 g/mol. The molecule has 6 heteroatoms. The molecule has 1 saturated heterocycles. The number of aromatic nitrogens is 3. The van der Waals surface area contributed by atoms with Crippen molar-refractivity contribution in [1.82, 2.24) is 19.9 Å². The second kappa shape index (κ2) is 6.16. The molecule has 1 fully saturated rings. The van der Waals surface area contributed by atoms with Crippen molar-refractivity contribution in [2.24, 2.45) is 5.73 Å². The Bertz CT molecular complexity index is 1140. The minimum absolute atomic E-state index is 0.0148. The lowest BCUT2D eigenvalue weighted by Gasteiger charge is -2.34. The van der Waals surface area contributed by atoms with Crippen LogP contribution in [0.4, 0.5) is 4.79 Å². The predicted molar refractivity (Wildman–Crippen MR) is 106 cm³/mol. The number of benzene rings is 2. The van der Waals surface area contributed by atoms with E-state index >= 15 is 0 Å². The topological polar surface area (TPSA) is 90.8 Å². The first-order valence-corrected chi connectivity index (χ1v) is 9.33.